The molecule has 1 saturated heterocycles. The number of rotatable bonds is 3. The van der Waals surface area contributed by atoms with Gasteiger partial charge >= 0.3 is 5.91 Å². The van der Waals surface area contributed by atoms with Gasteiger partial charge in [0.25, 0.3) is 5.78 Å². The zero-order valence-electron chi connectivity index (χ0n) is 18.6. The molecule has 2 aliphatic rings. The number of aryl methyl sites for hydroxylation is 1. The number of ketones is 1. The van der Waals surface area contributed by atoms with Gasteiger partial charge < -0.3 is 14.6 Å². The van der Waals surface area contributed by atoms with Crippen LogP contribution in [0.4, 0.5) is 5.13 Å². The van der Waals surface area contributed by atoms with E-state index in [0.717, 1.165) is 15.8 Å². The van der Waals surface area contributed by atoms with Crippen LogP contribution in [0.2, 0.25) is 0 Å². The van der Waals surface area contributed by atoms with E-state index < -0.39 is 17.7 Å². The van der Waals surface area contributed by atoms with E-state index in [1.165, 1.54) is 16.2 Å². The lowest BCUT2D eigenvalue weighted by Gasteiger charge is -2.23. The lowest BCUT2D eigenvalue weighted by molar-refractivity contribution is -0.132. The number of thiazole rings is 1. The largest absolute Gasteiger partial charge is 0.507 e. The number of ether oxygens (including phenoxy) is 2. The number of fused-ring (bicyclic) bond motifs is 2. The van der Waals surface area contributed by atoms with Crippen LogP contribution in [0.25, 0.3) is 16.0 Å². The Kier molecular flexibility index (Phi) is 5.00. The molecule has 174 valence electrons. The number of anilines is 1. The van der Waals surface area contributed by atoms with Crippen molar-refractivity contribution in [1.29, 1.82) is 0 Å². The zero-order chi connectivity index (χ0) is 24.1. The smallest absolute Gasteiger partial charge is 0.301 e. The quantitative estimate of drug-likeness (QED) is 0.261. The van der Waals surface area contributed by atoms with Crippen LogP contribution in [0.15, 0.2) is 66.5 Å². The first-order valence-corrected chi connectivity index (χ1v) is 11.8. The van der Waals surface area contributed by atoms with Gasteiger partial charge in [0.2, 0.25) is 0 Å². The first kappa shape index (κ1) is 21.3. The fraction of sp³-hybridized carbons (Fsp3) is 0.154. The van der Waals surface area contributed by atoms with Crippen molar-refractivity contribution in [1.82, 2.24) is 9.97 Å². The molecule has 2 aliphatic heterocycles. The summed E-state index contributed by atoms with van der Waals surface area (Å²) in [5.41, 5.74) is 2.70. The molecular weight excluding hydrogens is 466 g/mol. The molecule has 0 spiro atoms. The minimum Gasteiger partial charge on any atom is -0.507 e. The van der Waals surface area contributed by atoms with Crippen LogP contribution >= 0.6 is 11.3 Å². The molecule has 9 heteroatoms. The minimum absolute atomic E-state index is 0.0323. The van der Waals surface area contributed by atoms with Crippen molar-refractivity contribution in [2.45, 2.75) is 13.0 Å². The summed E-state index contributed by atoms with van der Waals surface area (Å²) in [6, 6.07) is 13.3. The predicted octanol–water partition coefficient (Wildman–Crippen LogP) is 4.40. The maximum absolute atomic E-state index is 13.3. The Balaban J connectivity index is 1.53. The van der Waals surface area contributed by atoms with Gasteiger partial charge in [-0.15, -0.1) is 0 Å². The third kappa shape index (κ3) is 3.52. The predicted molar refractivity (Wildman–Crippen MR) is 131 cm³/mol. The number of carbonyl (C=O) groups is 2. The van der Waals surface area contributed by atoms with Crippen LogP contribution in [0.3, 0.4) is 0 Å². The summed E-state index contributed by atoms with van der Waals surface area (Å²) in [5.74, 6) is -0.820. The average Bonchev–Trinajstić information content (AvgIpc) is 3.41. The summed E-state index contributed by atoms with van der Waals surface area (Å²) >= 11 is 1.32. The second-order valence-electron chi connectivity index (χ2n) is 8.28. The van der Waals surface area contributed by atoms with E-state index in [0.29, 0.717) is 41.0 Å². The minimum atomic E-state index is -0.890. The molecular formula is C26H19N3O5S. The monoisotopic (exact) mass is 485 g/mol. The van der Waals surface area contributed by atoms with Crippen molar-refractivity contribution in [2.24, 2.45) is 0 Å². The van der Waals surface area contributed by atoms with Crippen molar-refractivity contribution in [3.8, 4) is 11.5 Å². The fourth-order valence-electron chi connectivity index (χ4n) is 4.35. The van der Waals surface area contributed by atoms with Gasteiger partial charge in [-0.1, -0.05) is 23.5 Å². The van der Waals surface area contributed by atoms with Crippen LogP contribution < -0.4 is 14.4 Å². The van der Waals surface area contributed by atoms with Crippen LogP contribution in [0.1, 0.15) is 22.7 Å². The van der Waals surface area contributed by atoms with Crippen molar-refractivity contribution in [3.05, 3.63) is 83.2 Å². The molecule has 4 heterocycles. The topological polar surface area (TPSA) is 102 Å². The molecule has 2 aromatic heterocycles. The fourth-order valence-corrected chi connectivity index (χ4v) is 5.44. The summed E-state index contributed by atoms with van der Waals surface area (Å²) < 4.78 is 12.1. The molecule has 6 rings (SSSR count). The van der Waals surface area contributed by atoms with E-state index in [1.54, 1.807) is 42.7 Å². The van der Waals surface area contributed by atoms with E-state index >= 15 is 0 Å². The highest BCUT2D eigenvalue weighted by Crippen LogP contribution is 2.45. The average molecular weight is 486 g/mol. The van der Waals surface area contributed by atoms with E-state index in [9.17, 15) is 14.7 Å². The maximum atomic E-state index is 13.3. The molecule has 1 atom stereocenters. The van der Waals surface area contributed by atoms with E-state index in [1.807, 2.05) is 25.1 Å². The van der Waals surface area contributed by atoms with Gasteiger partial charge in [0, 0.05) is 18.0 Å². The molecule has 4 aromatic rings. The second-order valence-corrected chi connectivity index (χ2v) is 9.29. The molecule has 0 radical (unpaired) electrons. The number of pyridine rings is 1. The highest BCUT2D eigenvalue weighted by Gasteiger charge is 2.48. The van der Waals surface area contributed by atoms with Crippen LogP contribution in [-0.4, -0.2) is 40.0 Å². The second kappa shape index (κ2) is 8.21. The van der Waals surface area contributed by atoms with Gasteiger partial charge in [-0.3, -0.25) is 19.5 Å². The third-order valence-corrected chi connectivity index (χ3v) is 7.02. The zero-order valence-corrected chi connectivity index (χ0v) is 19.4. The summed E-state index contributed by atoms with van der Waals surface area (Å²) in [7, 11) is 0. The van der Waals surface area contributed by atoms with Gasteiger partial charge in [-0.25, -0.2) is 4.98 Å². The van der Waals surface area contributed by atoms with Crippen molar-refractivity contribution in [3.63, 3.8) is 0 Å². The number of aliphatic hydroxyl groups is 1. The van der Waals surface area contributed by atoms with Gasteiger partial charge in [0.1, 0.15) is 19.0 Å². The van der Waals surface area contributed by atoms with Gasteiger partial charge in [0.05, 0.1) is 21.8 Å². The van der Waals surface area contributed by atoms with Gasteiger partial charge in [-0.05, 0) is 54.4 Å². The van der Waals surface area contributed by atoms with Crippen LogP contribution in [0.5, 0.6) is 11.5 Å². The van der Waals surface area contributed by atoms with Crippen LogP contribution in [-0.2, 0) is 9.59 Å². The highest BCUT2D eigenvalue weighted by molar-refractivity contribution is 7.22. The Morgan fingerprint density at radius 3 is 2.71 bits per heavy atom. The number of aliphatic hydroxyl groups excluding tert-OH is 1. The summed E-state index contributed by atoms with van der Waals surface area (Å²) in [5, 5.41) is 11.7. The van der Waals surface area contributed by atoms with Crippen LogP contribution in [0, 0.1) is 6.92 Å². The highest BCUT2D eigenvalue weighted by atomic mass is 32.1. The van der Waals surface area contributed by atoms with E-state index in [4.69, 9.17) is 9.47 Å². The van der Waals surface area contributed by atoms with Crippen molar-refractivity contribution in [2.75, 3.05) is 18.1 Å². The molecule has 0 bridgehead atoms. The number of aromatic nitrogens is 2. The Bertz CT molecular complexity index is 1530. The summed E-state index contributed by atoms with van der Waals surface area (Å²) in [6.07, 6.45) is 3.19. The Morgan fingerprint density at radius 2 is 1.91 bits per heavy atom. The van der Waals surface area contributed by atoms with Gasteiger partial charge in [-0.2, -0.15) is 0 Å². The lowest BCUT2D eigenvalue weighted by Crippen LogP contribution is -2.29. The Morgan fingerprint density at radius 1 is 1.09 bits per heavy atom. The number of hydrogen-bond donors (Lipinski definition) is 1. The van der Waals surface area contributed by atoms with Gasteiger partial charge in [0.15, 0.2) is 16.6 Å². The molecule has 8 nitrogen and oxygen atoms in total. The molecule has 1 N–H and O–H groups in total. The molecule has 35 heavy (non-hydrogen) atoms. The Hall–Kier alpha value is -4.24. The van der Waals surface area contributed by atoms with E-state index in [-0.39, 0.29) is 11.3 Å². The number of benzene rings is 2. The lowest BCUT2D eigenvalue weighted by atomic mass is 9.96. The summed E-state index contributed by atoms with van der Waals surface area (Å²) in [4.78, 5) is 36.8. The molecule has 0 saturated carbocycles. The Labute approximate surface area is 204 Å². The SMILES string of the molecule is Cc1ccc2nc(N3C(=O)C(=O)C(=C(O)c4ccc5c(c4)OCCO5)[C@H]3c3cccnc3)sc2c1. The maximum Gasteiger partial charge on any atom is 0.301 e. The first-order valence-electron chi connectivity index (χ1n) is 11.0. The normalized spacial score (nSPS) is 18.9. The number of hydrogen-bond acceptors (Lipinski definition) is 8. The summed E-state index contributed by atoms with van der Waals surface area (Å²) in [6.45, 7) is 2.80. The molecule has 2 aromatic carbocycles. The first-order chi connectivity index (χ1) is 17.0. The standard InChI is InChI=1S/C26H19N3O5S/c1-14-4-6-17-20(11-14)35-26(28-17)29-22(16-3-2-8-27-13-16)21(24(31)25(29)32)23(30)15-5-7-18-19(12-15)34-10-9-33-18/h2-8,11-13,22,30H,9-10H2,1H3/t22-/m1/s1. The number of amides is 1. The van der Waals surface area contributed by atoms with E-state index in [2.05, 4.69) is 9.97 Å². The molecule has 0 unspecified atom stereocenters. The van der Waals surface area contributed by atoms with Crippen molar-refractivity contribution >= 4 is 44.1 Å². The molecule has 0 aliphatic carbocycles. The molecule has 1 fully saturated rings. The third-order valence-electron chi connectivity index (χ3n) is 6.00. The van der Waals surface area contributed by atoms with Crippen molar-refractivity contribution < 1.29 is 24.2 Å². The number of carbonyl (C=O) groups excluding carboxylic acids is 2. The number of Topliss-reactive ketones (excluding diaryl/α,β-unsaturated/α-hetero) is 1. The number of nitrogens with zero attached hydrogens (tertiary/aromatic N) is 3. The molecule has 1 amide bonds.